The summed E-state index contributed by atoms with van der Waals surface area (Å²) in [4.78, 5) is 23.5. The molecule has 2 rings (SSSR count). The maximum absolute atomic E-state index is 12.9. The van der Waals surface area contributed by atoms with Crippen molar-refractivity contribution in [1.82, 2.24) is 0 Å². The molecule has 0 fully saturated rings. The minimum absolute atomic E-state index is 0.297. The standard InChI is InChI=1S/C18H18FNO3/c1-12(13-5-3-2-4-6-13)16(11-17(21)22)18(23)20-15-9-7-14(19)8-10-15/h2-10,12,16H,11H2,1H3,(H,20,23)(H,21,22)/p-1/t12-,16+/m0/s1. The van der Waals surface area contributed by atoms with Crippen LogP contribution in [0.3, 0.4) is 0 Å². The van der Waals surface area contributed by atoms with E-state index in [9.17, 15) is 19.1 Å². The summed E-state index contributed by atoms with van der Waals surface area (Å²) in [5.41, 5.74) is 1.29. The SMILES string of the molecule is C[C@@H](c1ccccc1)[C@@H](CC(=O)[O-])C(=O)Nc1ccc(F)cc1. The number of carboxylic acids is 1. The molecule has 0 radical (unpaired) electrons. The molecule has 0 bridgehead atoms. The Morgan fingerprint density at radius 3 is 2.26 bits per heavy atom. The number of hydrogen-bond acceptors (Lipinski definition) is 3. The molecule has 120 valence electrons. The van der Waals surface area contributed by atoms with Gasteiger partial charge in [0.2, 0.25) is 5.91 Å². The number of nitrogens with one attached hydrogen (secondary N) is 1. The van der Waals surface area contributed by atoms with Gasteiger partial charge in [0.1, 0.15) is 5.82 Å². The number of aliphatic carboxylic acids is 1. The maximum atomic E-state index is 12.9. The average molecular weight is 314 g/mol. The topological polar surface area (TPSA) is 69.2 Å². The van der Waals surface area contributed by atoms with E-state index in [1.54, 1.807) is 6.92 Å². The number of carbonyl (C=O) groups excluding carboxylic acids is 2. The third-order valence-electron chi connectivity index (χ3n) is 3.76. The third-order valence-corrected chi connectivity index (χ3v) is 3.76. The first-order valence-electron chi connectivity index (χ1n) is 7.28. The number of halogens is 1. The fraction of sp³-hybridized carbons (Fsp3) is 0.222. The molecule has 0 heterocycles. The van der Waals surface area contributed by atoms with Gasteiger partial charge in [-0.3, -0.25) is 4.79 Å². The second kappa shape index (κ2) is 7.54. The van der Waals surface area contributed by atoms with E-state index in [0.717, 1.165) is 5.56 Å². The number of anilines is 1. The van der Waals surface area contributed by atoms with Crippen molar-refractivity contribution in [3.05, 3.63) is 66.0 Å². The zero-order chi connectivity index (χ0) is 16.8. The molecule has 0 aromatic heterocycles. The number of carbonyl (C=O) groups is 2. The van der Waals surface area contributed by atoms with Crippen LogP contribution in [0.15, 0.2) is 54.6 Å². The lowest BCUT2D eigenvalue weighted by Gasteiger charge is -2.24. The van der Waals surface area contributed by atoms with Gasteiger partial charge in [0, 0.05) is 11.7 Å². The van der Waals surface area contributed by atoms with E-state index in [0.29, 0.717) is 5.69 Å². The fourth-order valence-electron chi connectivity index (χ4n) is 2.43. The molecule has 0 saturated carbocycles. The third kappa shape index (κ3) is 4.64. The monoisotopic (exact) mass is 314 g/mol. The first-order valence-corrected chi connectivity index (χ1v) is 7.28. The van der Waals surface area contributed by atoms with E-state index in [4.69, 9.17) is 0 Å². The lowest BCUT2D eigenvalue weighted by Crippen LogP contribution is -2.34. The van der Waals surface area contributed by atoms with Gasteiger partial charge in [0.15, 0.2) is 0 Å². The van der Waals surface area contributed by atoms with Crippen molar-refractivity contribution in [3.8, 4) is 0 Å². The Labute approximate surface area is 134 Å². The number of carboxylic acid groups (broad SMARTS) is 1. The molecule has 2 aromatic carbocycles. The summed E-state index contributed by atoms with van der Waals surface area (Å²) >= 11 is 0. The summed E-state index contributed by atoms with van der Waals surface area (Å²) in [5, 5.41) is 13.6. The van der Waals surface area contributed by atoms with Crippen LogP contribution in [0, 0.1) is 11.7 Å². The smallest absolute Gasteiger partial charge is 0.228 e. The molecule has 0 aliphatic carbocycles. The summed E-state index contributed by atoms with van der Waals surface area (Å²) in [5.74, 6) is -3.21. The molecule has 0 spiro atoms. The van der Waals surface area contributed by atoms with Gasteiger partial charge in [-0.15, -0.1) is 0 Å². The van der Waals surface area contributed by atoms with Crippen LogP contribution in [-0.2, 0) is 9.59 Å². The first-order chi connectivity index (χ1) is 11.0. The van der Waals surface area contributed by atoms with E-state index in [-0.39, 0.29) is 12.3 Å². The molecule has 0 aliphatic rings. The van der Waals surface area contributed by atoms with Crippen LogP contribution in [0.25, 0.3) is 0 Å². The molecule has 1 N–H and O–H groups in total. The molecule has 0 aliphatic heterocycles. The van der Waals surface area contributed by atoms with Crippen LogP contribution in [-0.4, -0.2) is 11.9 Å². The van der Waals surface area contributed by atoms with Crippen molar-refractivity contribution in [1.29, 1.82) is 0 Å². The Hall–Kier alpha value is -2.69. The van der Waals surface area contributed by atoms with E-state index < -0.39 is 23.6 Å². The highest BCUT2D eigenvalue weighted by atomic mass is 19.1. The molecule has 5 heteroatoms. The molecular formula is C18H17FNO3-. The summed E-state index contributed by atoms with van der Waals surface area (Å²) in [7, 11) is 0. The van der Waals surface area contributed by atoms with E-state index in [1.807, 2.05) is 30.3 Å². The Morgan fingerprint density at radius 2 is 1.70 bits per heavy atom. The predicted molar refractivity (Wildman–Crippen MR) is 83.0 cm³/mol. The average Bonchev–Trinajstić information content (AvgIpc) is 2.54. The Balaban J connectivity index is 2.18. The van der Waals surface area contributed by atoms with Gasteiger partial charge in [-0.2, -0.15) is 0 Å². The Kier molecular flexibility index (Phi) is 5.46. The van der Waals surface area contributed by atoms with Crippen LogP contribution in [0.5, 0.6) is 0 Å². The zero-order valence-corrected chi connectivity index (χ0v) is 12.7. The van der Waals surface area contributed by atoms with Gasteiger partial charge in [0.25, 0.3) is 0 Å². The molecule has 1 amide bonds. The molecule has 2 aromatic rings. The van der Waals surface area contributed by atoms with Crippen molar-refractivity contribution in [2.75, 3.05) is 5.32 Å². The number of hydrogen-bond donors (Lipinski definition) is 1. The number of benzene rings is 2. The van der Waals surface area contributed by atoms with Crippen LogP contribution < -0.4 is 10.4 Å². The molecule has 0 saturated heterocycles. The molecule has 23 heavy (non-hydrogen) atoms. The van der Waals surface area contributed by atoms with E-state index in [2.05, 4.69) is 5.32 Å². The normalized spacial score (nSPS) is 13.1. The molecule has 4 nitrogen and oxygen atoms in total. The van der Waals surface area contributed by atoms with E-state index in [1.165, 1.54) is 24.3 Å². The fourth-order valence-corrected chi connectivity index (χ4v) is 2.43. The second-order valence-corrected chi connectivity index (χ2v) is 5.38. The van der Waals surface area contributed by atoms with Crippen molar-refractivity contribution >= 4 is 17.6 Å². The summed E-state index contributed by atoms with van der Waals surface area (Å²) in [6, 6.07) is 14.5. The van der Waals surface area contributed by atoms with Crippen molar-refractivity contribution in [3.63, 3.8) is 0 Å². The second-order valence-electron chi connectivity index (χ2n) is 5.38. The molecular weight excluding hydrogens is 297 g/mol. The van der Waals surface area contributed by atoms with Crippen LogP contribution >= 0.6 is 0 Å². The number of amides is 1. The van der Waals surface area contributed by atoms with E-state index >= 15 is 0 Å². The quantitative estimate of drug-likeness (QED) is 0.889. The first kappa shape index (κ1) is 16.7. The number of rotatable bonds is 6. The van der Waals surface area contributed by atoms with Crippen molar-refractivity contribution in [2.24, 2.45) is 5.92 Å². The summed E-state index contributed by atoms with van der Waals surface area (Å²) in [6.45, 7) is 1.80. The Morgan fingerprint density at radius 1 is 1.09 bits per heavy atom. The highest BCUT2D eigenvalue weighted by Gasteiger charge is 2.26. The summed E-state index contributed by atoms with van der Waals surface area (Å²) < 4.78 is 12.9. The largest absolute Gasteiger partial charge is 0.550 e. The minimum Gasteiger partial charge on any atom is -0.550 e. The van der Waals surface area contributed by atoms with Gasteiger partial charge in [-0.1, -0.05) is 37.3 Å². The maximum Gasteiger partial charge on any atom is 0.228 e. The van der Waals surface area contributed by atoms with Crippen molar-refractivity contribution in [2.45, 2.75) is 19.3 Å². The minimum atomic E-state index is -1.29. The Bertz CT molecular complexity index is 670. The lowest BCUT2D eigenvalue weighted by molar-refractivity contribution is -0.306. The molecule has 2 atom stereocenters. The highest BCUT2D eigenvalue weighted by Crippen LogP contribution is 2.28. The van der Waals surface area contributed by atoms with Gasteiger partial charge in [-0.25, -0.2) is 4.39 Å². The lowest BCUT2D eigenvalue weighted by atomic mass is 9.84. The summed E-state index contributed by atoms with van der Waals surface area (Å²) in [6.07, 6.45) is -0.386. The van der Waals surface area contributed by atoms with Gasteiger partial charge in [-0.05, 0) is 42.2 Å². The van der Waals surface area contributed by atoms with Crippen LogP contribution in [0.4, 0.5) is 10.1 Å². The van der Waals surface area contributed by atoms with Crippen LogP contribution in [0.1, 0.15) is 24.8 Å². The van der Waals surface area contributed by atoms with Gasteiger partial charge in [0.05, 0.1) is 5.92 Å². The van der Waals surface area contributed by atoms with Crippen molar-refractivity contribution < 1.29 is 19.1 Å². The van der Waals surface area contributed by atoms with Gasteiger partial charge >= 0.3 is 0 Å². The zero-order valence-electron chi connectivity index (χ0n) is 12.7. The predicted octanol–water partition coefficient (Wildman–Crippen LogP) is 2.32. The molecule has 0 unspecified atom stereocenters. The van der Waals surface area contributed by atoms with Crippen LogP contribution in [0.2, 0.25) is 0 Å². The highest BCUT2D eigenvalue weighted by molar-refractivity contribution is 5.94. The van der Waals surface area contributed by atoms with Gasteiger partial charge < -0.3 is 15.2 Å².